The van der Waals surface area contributed by atoms with E-state index in [0.717, 1.165) is 44.7 Å². The second kappa shape index (κ2) is 17.0. The van der Waals surface area contributed by atoms with E-state index in [1.807, 2.05) is 91.0 Å². The summed E-state index contributed by atoms with van der Waals surface area (Å²) < 4.78 is 28.0. The lowest BCUT2D eigenvalue weighted by Gasteiger charge is -2.49. The van der Waals surface area contributed by atoms with Crippen LogP contribution >= 0.6 is 34.9 Å². The van der Waals surface area contributed by atoms with E-state index < -0.39 is 47.1 Å². The molecule has 1 unspecified atom stereocenters. The number of hydrogen-bond donors (Lipinski definition) is 4. The average molecular weight is 820 g/mol. The van der Waals surface area contributed by atoms with Crippen molar-refractivity contribution in [3.05, 3.63) is 130 Å². The van der Waals surface area contributed by atoms with E-state index in [0.29, 0.717) is 15.9 Å². The Morgan fingerprint density at radius 3 is 2.21 bits per heavy atom. The predicted octanol–water partition coefficient (Wildman–Crippen LogP) is 4.00. The average Bonchev–Trinajstić information content (AvgIpc) is 3.88. The van der Waals surface area contributed by atoms with Gasteiger partial charge in [0.15, 0.2) is 10.8 Å². The van der Waals surface area contributed by atoms with Gasteiger partial charge in [-0.15, -0.1) is 28.2 Å². The van der Waals surface area contributed by atoms with Gasteiger partial charge in [-0.25, -0.2) is 14.5 Å². The van der Waals surface area contributed by atoms with Crippen molar-refractivity contribution in [2.75, 3.05) is 23.4 Å². The lowest BCUT2D eigenvalue weighted by Crippen LogP contribution is -2.71. The third kappa shape index (κ3) is 7.72. The molecule has 4 heterocycles. The largest absolute Gasteiger partial charge is 0.477 e. The lowest BCUT2D eigenvalue weighted by atomic mass is 9.77. The molecule has 0 radical (unpaired) electrons. The minimum Gasteiger partial charge on any atom is -0.477 e. The number of aliphatic hydroxyl groups excluding tert-OH is 1. The number of rotatable bonds is 16. The highest BCUT2D eigenvalue weighted by Crippen LogP contribution is 2.43. The van der Waals surface area contributed by atoms with Crippen molar-refractivity contribution in [3.63, 3.8) is 0 Å². The van der Waals surface area contributed by atoms with Gasteiger partial charge in [-0.1, -0.05) is 108 Å². The first kappa shape index (κ1) is 38.6. The number of nitrogens with zero attached hydrogens (tertiary/aromatic N) is 7. The Labute approximate surface area is 329 Å². The number of carbonyl (C=O) groups excluding carboxylic acids is 2. The van der Waals surface area contributed by atoms with Crippen LogP contribution in [0.5, 0.6) is 0 Å². The lowest BCUT2D eigenvalue weighted by molar-refractivity contribution is -0.150. The van der Waals surface area contributed by atoms with Crippen molar-refractivity contribution in [3.8, 4) is 0 Å². The van der Waals surface area contributed by atoms with Gasteiger partial charge in [-0.05, 0) is 32.7 Å². The molecule has 7 rings (SSSR count). The summed E-state index contributed by atoms with van der Waals surface area (Å²) >= 11 is 3.47. The van der Waals surface area contributed by atoms with Crippen molar-refractivity contribution in [2.45, 2.75) is 35.3 Å². The summed E-state index contributed by atoms with van der Waals surface area (Å²) in [5, 5.41) is 41.5. The molecule has 0 aliphatic carbocycles. The van der Waals surface area contributed by atoms with Crippen molar-refractivity contribution < 1.29 is 38.2 Å². The SMILES string of the molecule is O=C(O)C1=C(CSc2nnnn2CCO)CS[C@H]2C(NC(=O)C(=NOC(F)F)c3csc(NC(c4ccccc4)(c4ccccc4)c4ccccc4)n3)C(=O)N12. The van der Waals surface area contributed by atoms with Crippen molar-refractivity contribution in [1.82, 2.24) is 35.4 Å². The number of aromatic nitrogens is 5. The van der Waals surface area contributed by atoms with Gasteiger partial charge in [0.05, 0.1) is 13.2 Å². The Kier molecular flexibility index (Phi) is 11.7. The number of tetrazole rings is 1. The summed E-state index contributed by atoms with van der Waals surface area (Å²) in [6, 6.07) is 27.8. The number of halogens is 2. The van der Waals surface area contributed by atoms with Crippen LogP contribution in [0.25, 0.3) is 0 Å². The maximum atomic E-state index is 13.8. The van der Waals surface area contributed by atoms with Crippen LogP contribution in [0.4, 0.5) is 13.9 Å². The molecule has 288 valence electrons. The highest BCUT2D eigenvalue weighted by Gasteiger charge is 2.54. The molecular weight excluding hydrogens is 789 g/mol. The minimum atomic E-state index is -3.36. The fourth-order valence-electron chi connectivity index (χ4n) is 6.37. The number of alkyl halides is 2. The minimum absolute atomic E-state index is 0.104. The van der Waals surface area contributed by atoms with Gasteiger partial charge >= 0.3 is 12.6 Å². The summed E-state index contributed by atoms with van der Waals surface area (Å²) in [7, 11) is 0. The van der Waals surface area contributed by atoms with E-state index in [2.05, 4.69) is 41.1 Å². The van der Waals surface area contributed by atoms with Crippen LogP contribution in [0.3, 0.4) is 0 Å². The number of amides is 2. The highest BCUT2D eigenvalue weighted by molar-refractivity contribution is 8.01. The Morgan fingerprint density at radius 2 is 1.64 bits per heavy atom. The Morgan fingerprint density at radius 1 is 1.02 bits per heavy atom. The molecule has 1 fully saturated rings. The number of aliphatic hydroxyl groups is 1. The zero-order chi connectivity index (χ0) is 39.2. The summed E-state index contributed by atoms with van der Waals surface area (Å²) in [5.41, 5.74) is 1.11. The number of anilines is 1. The molecule has 15 nitrogen and oxygen atoms in total. The summed E-state index contributed by atoms with van der Waals surface area (Å²) in [4.78, 5) is 49.6. The molecule has 5 aromatic rings. The van der Waals surface area contributed by atoms with Gasteiger partial charge in [0.2, 0.25) is 5.16 Å². The Balaban J connectivity index is 1.14. The number of β-lactam (4-membered cyclic amide) rings is 1. The molecule has 56 heavy (non-hydrogen) atoms. The van der Waals surface area contributed by atoms with Crippen molar-refractivity contribution >= 4 is 63.5 Å². The third-order valence-corrected chi connectivity index (χ3v) is 12.0. The van der Waals surface area contributed by atoms with Gasteiger partial charge in [0, 0.05) is 16.9 Å². The van der Waals surface area contributed by atoms with Crippen LogP contribution in [0.15, 0.2) is 118 Å². The topological polar surface area (TPSA) is 197 Å². The maximum absolute atomic E-state index is 13.8. The van der Waals surface area contributed by atoms with Crippen molar-refractivity contribution in [2.24, 2.45) is 5.16 Å². The normalized spacial score (nSPS) is 17.0. The molecule has 2 amide bonds. The van der Waals surface area contributed by atoms with E-state index in [1.54, 1.807) is 0 Å². The van der Waals surface area contributed by atoms with E-state index in [9.17, 15) is 33.4 Å². The molecule has 2 aliphatic heterocycles. The molecule has 0 bridgehead atoms. The first-order valence-electron chi connectivity index (χ1n) is 16.8. The third-order valence-electron chi connectivity index (χ3n) is 8.82. The second-order valence-electron chi connectivity index (χ2n) is 12.1. The number of oxime groups is 1. The molecule has 2 atom stereocenters. The fraction of sp³-hybridized carbons (Fsp3) is 0.222. The van der Waals surface area contributed by atoms with E-state index in [-0.39, 0.29) is 36.0 Å². The number of benzene rings is 3. The second-order valence-corrected chi connectivity index (χ2v) is 15.0. The molecule has 2 aliphatic rings. The van der Waals surface area contributed by atoms with Gasteiger partial charge in [0.25, 0.3) is 11.8 Å². The number of carbonyl (C=O) groups is 3. The summed E-state index contributed by atoms with van der Waals surface area (Å²) in [6.45, 7) is -3.42. The number of aliphatic carboxylic acids is 1. The molecule has 3 aromatic carbocycles. The van der Waals surface area contributed by atoms with Gasteiger partial charge in [-0.2, -0.15) is 8.78 Å². The van der Waals surface area contributed by atoms with Gasteiger partial charge in [0.1, 0.15) is 28.3 Å². The monoisotopic (exact) mass is 819 g/mol. The van der Waals surface area contributed by atoms with Crippen LogP contribution in [0.1, 0.15) is 22.4 Å². The van der Waals surface area contributed by atoms with E-state index >= 15 is 0 Å². The number of thiazole rings is 1. The summed E-state index contributed by atoms with van der Waals surface area (Å²) in [6.07, 6.45) is 0. The quantitative estimate of drug-likeness (QED) is 0.0367. The van der Waals surface area contributed by atoms with Crippen LogP contribution < -0.4 is 10.6 Å². The number of carboxylic acids is 1. The van der Waals surface area contributed by atoms with Gasteiger partial charge < -0.3 is 25.7 Å². The maximum Gasteiger partial charge on any atom is 0.407 e. The highest BCUT2D eigenvalue weighted by atomic mass is 32.2. The molecule has 4 N–H and O–H groups in total. The zero-order valence-electron chi connectivity index (χ0n) is 28.9. The molecule has 0 saturated carbocycles. The first-order chi connectivity index (χ1) is 27.2. The van der Waals surface area contributed by atoms with E-state index in [4.69, 9.17) is 0 Å². The molecular formula is C36H31F2N9O6S3. The Hall–Kier alpha value is -5.70. The van der Waals surface area contributed by atoms with Crippen LogP contribution in [-0.4, -0.2) is 99.9 Å². The molecule has 1 saturated heterocycles. The number of carboxylic acid groups (broad SMARTS) is 1. The smallest absolute Gasteiger partial charge is 0.407 e. The molecule has 20 heteroatoms. The van der Waals surface area contributed by atoms with Crippen molar-refractivity contribution in [1.29, 1.82) is 0 Å². The van der Waals surface area contributed by atoms with Gasteiger partial charge in [-0.3, -0.25) is 14.5 Å². The van der Waals surface area contributed by atoms with Crippen LogP contribution in [0.2, 0.25) is 0 Å². The number of nitrogens with one attached hydrogen (secondary N) is 2. The number of hydrogen-bond acceptors (Lipinski definition) is 14. The first-order valence-corrected chi connectivity index (χ1v) is 19.8. The number of fused-ring (bicyclic) bond motifs is 1. The standard InChI is InChI=1S/C36H31F2N9O6S3/c37-33(38)53-43-26(29(49)40-27-30(50)47-28(32(51)52)21(18-54-31(27)47)19-56-35-42-44-45-46(35)16-17-48)25-20-55-34(39-25)41-36(22-10-4-1-5-11-22,23-12-6-2-7-13-23)24-14-8-3-9-15-24/h1-15,20,27,31,33,48H,16-19H2,(H,39,41)(H,40,49)(H,51,52)/t27?,31-/m0/s1. The molecule has 0 spiro atoms. The Bertz CT molecular complexity index is 2160. The zero-order valence-corrected chi connectivity index (χ0v) is 31.4. The summed E-state index contributed by atoms with van der Waals surface area (Å²) in [5.74, 6) is -2.75. The molecule has 2 aromatic heterocycles. The van der Waals surface area contributed by atoms with Crippen LogP contribution in [-0.2, 0) is 31.3 Å². The predicted molar refractivity (Wildman–Crippen MR) is 204 cm³/mol. The van der Waals surface area contributed by atoms with Crippen LogP contribution in [0, 0.1) is 0 Å². The fourth-order valence-corrected chi connectivity index (χ4v) is 9.51. The number of thioether (sulfide) groups is 2. The van der Waals surface area contributed by atoms with E-state index in [1.165, 1.54) is 21.8 Å².